The molecular formula is C33H44N4O9. The third-order valence-electron chi connectivity index (χ3n) is 8.35. The number of carboxylic acids is 3. The molecule has 0 aliphatic heterocycles. The molecule has 4 amide bonds. The van der Waals surface area contributed by atoms with Gasteiger partial charge in [-0.25, -0.2) is 14.4 Å². The van der Waals surface area contributed by atoms with Crippen LogP contribution in [0.3, 0.4) is 0 Å². The highest BCUT2D eigenvalue weighted by atomic mass is 16.4. The summed E-state index contributed by atoms with van der Waals surface area (Å²) in [6.45, 7) is 2.38. The Balaban J connectivity index is 1.53. The van der Waals surface area contributed by atoms with Crippen molar-refractivity contribution in [3.63, 3.8) is 0 Å². The van der Waals surface area contributed by atoms with Crippen molar-refractivity contribution >= 4 is 46.5 Å². The van der Waals surface area contributed by atoms with Crippen molar-refractivity contribution in [2.24, 2.45) is 11.8 Å². The molecule has 13 nitrogen and oxygen atoms in total. The number of rotatable bonds is 17. The highest BCUT2D eigenvalue weighted by Crippen LogP contribution is 2.28. The Morgan fingerprint density at radius 2 is 1.39 bits per heavy atom. The van der Waals surface area contributed by atoms with Crippen molar-refractivity contribution in [3.8, 4) is 0 Å². The predicted octanol–water partition coefficient (Wildman–Crippen LogP) is 3.05. The lowest BCUT2D eigenvalue weighted by Gasteiger charge is -2.27. The van der Waals surface area contributed by atoms with Crippen LogP contribution in [0.2, 0.25) is 0 Å². The maximum absolute atomic E-state index is 13.3. The molecule has 0 radical (unpaired) electrons. The number of aliphatic carboxylic acids is 3. The minimum Gasteiger partial charge on any atom is -0.481 e. The molecule has 1 aliphatic rings. The van der Waals surface area contributed by atoms with E-state index < -0.39 is 48.5 Å². The Morgan fingerprint density at radius 1 is 0.761 bits per heavy atom. The van der Waals surface area contributed by atoms with Crippen LogP contribution in [0.15, 0.2) is 42.5 Å². The summed E-state index contributed by atoms with van der Waals surface area (Å²) in [6.07, 6.45) is 3.65. The molecule has 0 saturated heterocycles. The standard InChI is InChI=1S/C33H44N4O9/c1-20-9-12-23(13-10-20)29(40)35-27(19-21-11-14-22-6-2-3-7-24(22)18-21)30(41)34-17-5-4-8-25(31(42)43)36-33(46)37-26(32(44)45)15-16-28(38)39/h2-3,6-7,11,14,18,20,23,25-27H,4-5,8-10,12-13,15-17,19H2,1H3,(H,34,41)(H,35,40)(H,38,39)(H,42,43)(H,44,45)(H2,36,37,46)/t20?,23?,25?,26-,27?/m0/s1. The highest BCUT2D eigenvalue weighted by Gasteiger charge is 2.29. The van der Waals surface area contributed by atoms with Gasteiger partial charge in [-0.05, 0) is 73.6 Å². The molecule has 7 N–H and O–H groups in total. The summed E-state index contributed by atoms with van der Waals surface area (Å²) >= 11 is 0. The molecule has 3 rings (SSSR count). The summed E-state index contributed by atoms with van der Waals surface area (Å²) in [5.74, 6) is -4.03. The van der Waals surface area contributed by atoms with Crippen LogP contribution < -0.4 is 21.3 Å². The fourth-order valence-corrected chi connectivity index (χ4v) is 5.57. The van der Waals surface area contributed by atoms with Crippen molar-refractivity contribution in [1.29, 1.82) is 0 Å². The van der Waals surface area contributed by atoms with Crippen molar-refractivity contribution in [2.75, 3.05) is 6.54 Å². The minimum atomic E-state index is -1.49. The van der Waals surface area contributed by atoms with E-state index in [0.29, 0.717) is 25.2 Å². The van der Waals surface area contributed by atoms with Crippen molar-refractivity contribution < 1.29 is 44.1 Å². The first-order valence-electron chi connectivity index (χ1n) is 15.7. The number of hydrogen-bond acceptors (Lipinski definition) is 6. The van der Waals surface area contributed by atoms with Crippen LogP contribution in [0.25, 0.3) is 10.8 Å². The number of nitrogens with one attached hydrogen (secondary N) is 4. The van der Waals surface area contributed by atoms with Crippen LogP contribution in [-0.4, -0.2) is 75.7 Å². The first-order chi connectivity index (χ1) is 21.9. The Bertz CT molecular complexity index is 1390. The minimum absolute atomic E-state index is 0.00282. The van der Waals surface area contributed by atoms with Gasteiger partial charge in [-0.15, -0.1) is 0 Å². The molecule has 0 bridgehead atoms. The lowest BCUT2D eigenvalue weighted by atomic mass is 9.82. The van der Waals surface area contributed by atoms with Crippen LogP contribution in [0, 0.1) is 11.8 Å². The van der Waals surface area contributed by atoms with Gasteiger partial charge in [-0.1, -0.05) is 49.4 Å². The van der Waals surface area contributed by atoms with E-state index in [2.05, 4.69) is 28.2 Å². The zero-order valence-corrected chi connectivity index (χ0v) is 26.0. The first-order valence-corrected chi connectivity index (χ1v) is 15.7. The Hall–Kier alpha value is -4.68. The van der Waals surface area contributed by atoms with E-state index in [1.54, 1.807) is 0 Å². The Kier molecular flexibility index (Phi) is 13.8. The van der Waals surface area contributed by atoms with E-state index in [1.807, 2.05) is 42.5 Å². The van der Waals surface area contributed by atoms with Crippen molar-refractivity contribution in [1.82, 2.24) is 21.3 Å². The lowest BCUT2D eigenvalue weighted by molar-refractivity contribution is -0.141. The molecule has 2 unspecified atom stereocenters. The molecule has 3 atom stereocenters. The maximum Gasteiger partial charge on any atom is 0.326 e. The summed E-state index contributed by atoms with van der Waals surface area (Å²) < 4.78 is 0. The van der Waals surface area contributed by atoms with Gasteiger partial charge < -0.3 is 36.6 Å². The molecule has 0 heterocycles. The van der Waals surface area contributed by atoms with Crippen LogP contribution >= 0.6 is 0 Å². The van der Waals surface area contributed by atoms with Gasteiger partial charge in [0, 0.05) is 25.3 Å². The van der Waals surface area contributed by atoms with Gasteiger partial charge in [0.05, 0.1) is 0 Å². The number of carbonyl (C=O) groups is 6. The molecule has 1 aliphatic carbocycles. The number of carboxylic acid groups (broad SMARTS) is 3. The third-order valence-corrected chi connectivity index (χ3v) is 8.35. The van der Waals surface area contributed by atoms with Crippen LogP contribution in [-0.2, 0) is 30.4 Å². The van der Waals surface area contributed by atoms with Gasteiger partial charge in [-0.3, -0.25) is 14.4 Å². The zero-order valence-electron chi connectivity index (χ0n) is 26.0. The topological polar surface area (TPSA) is 211 Å². The van der Waals surface area contributed by atoms with Gasteiger partial charge in [0.2, 0.25) is 11.8 Å². The van der Waals surface area contributed by atoms with Crippen LogP contribution in [0.4, 0.5) is 4.79 Å². The number of carbonyl (C=O) groups excluding carboxylic acids is 3. The van der Waals surface area contributed by atoms with E-state index >= 15 is 0 Å². The average Bonchev–Trinajstić information content (AvgIpc) is 3.01. The molecule has 1 saturated carbocycles. The van der Waals surface area contributed by atoms with Gasteiger partial charge >= 0.3 is 23.9 Å². The van der Waals surface area contributed by atoms with Crippen LogP contribution in [0.1, 0.15) is 70.3 Å². The second-order valence-electron chi connectivity index (χ2n) is 12.0. The van der Waals surface area contributed by atoms with Crippen molar-refractivity contribution in [3.05, 3.63) is 48.0 Å². The summed E-state index contributed by atoms with van der Waals surface area (Å²) in [6, 6.07) is 9.14. The van der Waals surface area contributed by atoms with Crippen molar-refractivity contribution in [2.45, 2.75) is 89.3 Å². The second-order valence-corrected chi connectivity index (χ2v) is 12.0. The van der Waals surface area contributed by atoms with E-state index in [1.165, 1.54) is 0 Å². The molecule has 250 valence electrons. The highest BCUT2D eigenvalue weighted by molar-refractivity contribution is 5.89. The molecule has 13 heteroatoms. The summed E-state index contributed by atoms with van der Waals surface area (Å²) in [7, 11) is 0. The molecule has 46 heavy (non-hydrogen) atoms. The number of unbranched alkanes of at least 4 members (excludes halogenated alkanes) is 1. The third kappa shape index (κ3) is 11.7. The number of hydrogen-bond donors (Lipinski definition) is 7. The fourth-order valence-electron chi connectivity index (χ4n) is 5.57. The maximum atomic E-state index is 13.3. The SMILES string of the molecule is CC1CCC(C(=O)NC(Cc2ccc3ccccc3c2)C(=O)NCCCCC(NC(=O)N[C@@H](CCC(=O)O)C(=O)O)C(=O)O)CC1. The van der Waals surface area contributed by atoms with Gasteiger partial charge in [0.1, 0.15) is 18.1 Å². The van der Waals surface area contributed by atoms with Crippen LogP contribution in [0.5, 0.6) is 0 Å². The molecule has 0 aromatic heterocycles. The number of fused-ring (bicyclic) bond motifs is 1. The molecular weight excluding hydrogens is 596 g/mol. The van der Waals surface area contributed by atoms with Gasteiger partial charge in [0.15, 0.2) is 0 Å². The zero-order chi connectivity index (χ0) is 33.6. The number of benzene rings is 2. The summed E-state index contributed by atoms with van der Waals surface area (Å²) in [5, 5.41) is 39.7. The van der Waals surface area contributed by atoms with E-state index in [-0.39, 0.29) is 37.1 Å². The molecule has 2 aromatic carbocycles. The van der Waals surface area contributed by atoms with Gasteiger partial charge in [-0.2, -0.15) is 0 Å². The average molecular weight is 641 g/mol. The number of amides is 4. The summed E-state index contributed by atoms with van der Waals surface area (Å²) in [5.41, 5.74) is 0.901. The predicted molar refractivity (Wildman–Crippen MR) is 169 cm³/mol. The monoisotopic (exact) mass is 640 g/mol. The second kappa shape index (κ2) is 17.7. The fraction of sp³-hybridized carbons (Fsp3) is 0.515. The normalized spacial score (nSPS) is 18.0. The van der Waals surface area contributed by atoms with E-state index in [0.717, 1.165) is 42.0 Å². The molecule has 0 spiro atoms. The van der Waals surface area contributed by atoms with E-state index in [9.17, 15) is 39.0 Å². The quantitative estimate of drug-likeness (QED) is 0.126. The molecule has 2 aromatic rings. The number of urea groups is 1. The summed E-state index contributed by atoms with van der Waals surface area (Å²) in [4.78, 5) is 72.4. The lowest BCUT2D eigenvalue weighted by Crippen LogP contribution is -2.51. The Labute approximate surface area is 267 Å². The smallest absolute Gasteiger partial charge is 0.326 e. The van der Waals surface area contributed by atoms with Gasteiger partial charge in [0.25, 0.3) is 0 Å². The Morgan fingerprint density at radius 3 is 2.02 bits per heavy atom. The van der Waals surface area contributed by atoms with E-state index in [4.69, 9.17) is 5.11 Å². The largest absolute Gasteiger partial charge is 0.481 e. The first kappa shape index (κ1) is 35.8. The molecule has 1 fully saturated rings.